The van der Waals surface area contributed by atoms with Gasteiger partial charge >= 0.3 is 0 Å². The smallest absolute Gasteiger partial charge is 0.284 e. The number of fused-ring (bicyclic) bond motifs is 2. The van der Waals surface area contributed by atoms with Gasteiger partial charge in [-0.1, -0.05) is 41.6 Å². The van der Waals surface area contributed by atoms with Gasteiger partial charge in [0.05, 0.1) is 22.4 Å². The van der Waals surface area contributed by atoms with Crippen molar-refractivity contribution in [2.75, 3.05) is 23.7 Å². The number of aromatic nitrogens is 5. The van der Waals surface area contributed by atoms with E-state index < -0.39 is 0 Å². The second-order valence-electron chi connectivity index (χ2n) is 8.55. The van der Waals surface area contributed by atoms with E-state index in [0.29, 0.717) is 51.5 Å². The molecular formula is C23H21ClN8O2S. The molecule has 4 aromatic rings. The number of para-hydroxylation sites is 1. The molecule has 0 saturated carbocycles. The molecular weight excluding hydrogens is 488 g/mol. The monoisotopic (exact) mass is 508 g/mol. The predicted octanol–water partition coefficient (Wildman–Crippen LogP) is 2.69. The van der Waals surface area contributed by atoms with Crippen LogP contribution in [0.4, 0.5) is 11.8 Å². The number of hydrogen-bond acceptors (Lipinski definition) is 8. The number of nitrogens with zero attached hydrogens (tertiary/aromatic N) is 6. The van der Waals surface area contributed by atoms with Crippen molar-refractivity contribution in [1.29, 1.82) is 0 Å². The summed E-state index contributed by atoms with van der Waals surface area (Å²) in [6.45, 7) is 3.18. The molecule has 12 heteroatoms. The molecule has 2 unspecified atom stereocenters. The Morgan fingerprint density at radius 3 is 2.77 bits per heavy atom. The Bertz CT molecular complexity index is 1540. The van der Waals surface area contributed by atoms with Crippen molar-refractivity contribution in [3.8, 4) is 5.69 Å². The average Bonchev–Trinajstić information content (AvgIpc) is 3.52. The van der Waals surface area contributed by atoms with Crippen LogP contribution >= 0.6 is 23.4 Å². The van der Waals surface area contributed by atoms with E-state index in [9.17, 15) is 9.59 Å². The van der Waals surface area contributed by atoms with E-state index in [-0.39, 0.29) is 28.7 Å². The number of carbonyl (C=O) groups is 1. The van der Waals surface area contributed by atoms with Crippen LogP contribution in [0, 0.1) is 0 Å². The Morgan fingerprint density at radius 1 is 1.17 bits per heavy atom. The van der Waals surface area contributed by atoms with Crippen LogP contribution < -0.4 is 21.5 Å². The van der Waals surface area contributed by atoms with Gasteiger partial charge in [-0.3, -0.25) is 14.2 Å². The number of thioether (sulfide) groups is 1. The van der Waals surface area contributed by atoms with E-state index in [1.807, 2.05) is 37.3 Å². The summed E-state index contributed by atoms with van der Waals surface area (Å²) in [5, 5.41) is 8.63. The molecule has 3 N–H and O–H groups in total. The summed E-state index contributed by atoms with van der Waals surface area (Å²) >= 11 is 7.80. The van der Waals surface area contributed by atoms with Gasteiger partial charge in [0, 0.05) is 24.5 Å². The Kier molecular flexibility index (Phi) is 5.19. The number of carbonyl (C=O) groups excluding carboxylic acids is 1. The highest BCUT2D eigenvalue weighted by molar-refractivity contribution is 7.99. The zero-order chi connectivity index (χ0) is 24.3. The fourth-order valence-corrected chi connectivity index (χ4v) is 6.07. The molecule has 0 spiro atoms. The van der Waals surface area contributed by atoms with Crippen LogP contribution in [0.2, 0.25) is 5.02 Å². The molecule has 1 aromatic carbocycles. The lowest BCUT2D eigenvalue weighted by Gasteiger charge is -2.20. The van der Waals surface area contributed by atoms with Crippen LogP contribution in [0.25, 0.3) is 11.2 Å². The Labute approximate surface area is 209 Å². The molecule has 2 aliphatic rings. The normalized spacial score (nSPS) is 19.4. The van der Waals surface area contributed by atoms with Gasteiger partial charge in [0.2, 0.25) is 5.95 Å². The number of anilines is 2. The summed E-state index contributed by atoms with van der Waals surface area (Å²) in [4.78, 5) is 36.8. The van der Waals surface area contributed by atoms with Crippen LogP contribution in [0.1, 0.15) is 35.4 Å². The average molecular weight is 509 g/mol. The molecule has 1 saturated heterocycles. The van der Waals surface area contributed by atoms with Gasteiger partial charge in [-0.15, -0.1) is 5.10 Å². The summed E-state index contributed by atoms with van der Waals surface area (Å²) in [5.41, 5.74) is 7.90. The molecule has 0 radical (unpaired) electrons. The van der Waals surface area contributed by atoms with Crippen LogP contribution in [0.3, 0.4) is 0 Å². The minimum absolute atomic E-state index is 0.106. The summed E-state index contributed by atoms with van der Waals surface area (Å²) in [5.74, 6) is 0.513. The van der Waals surface area contributed by atoms with Gasteiger partial charge in [0.15, 0.2) is 5.16 Å². The number of halogens is 1. The number of nitrogens with one attached hydrogen (secondary N) is 1. The lowest BCUT2D eigenvalue weighted by atomic mass is 10.2. The largest absolute Gasteiger partial charge is 0.368 e. The highest BCUT2D eigenvalue weighted by atomic mass is 35.5. The number of nitrogen functional groups attached to an aromatic ring is 1. The number of amides is 1. The van der Waals surface area contributed by atoms with Crippen LogP contribution in [-0.4, -0.2) is 48.4 Å². The van der Waals surface area contributed by atoms with Crippen LogP contribution in [0.15, 0.2) is 52.5 Å². The fourth-order valence-electron chi connectivity index (χ4n) is 4.64. The van der Waals surface area contributed by atoms with Crippen molar-refractivity contribution in [3.05, 3.63) is 69.2 Å². The van der Waals surface area contributed by atoms with Crippen LogP contribution in [-0.2, 0) is 0 Å². The van der Waals surface area contributed by atoms with E-state index >= 15 is 0 Å². The highest BCUT2D eigenvalue weighted by Gasteiger charge is 2.36. The summed E-state index contributed by atoms with van der Waals surface area (Å²) in [6, 6.07) is 10.8. The van der Waals surface area contributed by atoms with E-state index in [4.69, 9.17) is 22.4 Å². The lowest BCUT2D eigenvalue weighted by Crippen LogP contribution is -2.27. The standard InChI is InChI=1S/C23H21ClN8O2S/c1-12-17-16(20(33)26-12)19(28-22(25)27-17)30-9-7-14(11-30)35-23-29-31-10-8-15(24)18(31)21(34)32(23)13-5-3-2-4-6-13/h2-6,8,10,12,14H,7,9,11H2,1H3,(H,26,33)(H2,25,27,28). The zero-order valence-corrected chi connectivity index (χ0v) is 20.3. The zero-order valence-electron chi connectivity index (χ0n) is 18.7. The molecule has 2 atom stereocenters. The second-order valence-corrected chi connectivity index (χ2v) is 10.2. The maximum Gasteiger partial charge on any atom is 0.284 e. The molecule has 35 heavy (non-hydrogen) atoms. The molecule has 2 aliphatic heterocycles. The Morgan fingerprint density at radius 2 is 1.97 bits per heavy atom. The molecule has 6 rings (SSSR count). The maximum atomic E-state index is 13.4. The molecule has 0 bridgehead atoms. The third kappa shape index (κ3) is 3.62. The van der Waals surface area contributed by atoms with Gasteiger partial charge in [0.25, 0.3) is 11.5 Å². The molecule has 0 aliphatic carbocycles. The molecule has 5 heterocycles. The Hall–Kier alpha value is -3.57. The van der Waals surface area contributed by atoms with Gasteiger partial charge in [0.1, 0.15) is 16.9 Å². The molecule has 1 amide bonds. The first-order chi connectivity index (χ1) is 16.9. The third-order valence-electron chi connectivity index (χ3n) is 6.26. The van der Waals surface area contributed by atoms with E-state index in [2.05, 4.69) is 20.2 Å². The molecule has 1 fully saturated rings. The predicted molar refractivity (Wildman–Crippen MR) is 135 cm³/mol. The van der Waals surface area contributed by atoms with E-state index in [0.717, 1.165) is 6.42 Å². The van der Waals surface area contributed by atoms with Gasteiger partial charge in [-0.05, 0) is 31.5 Å². The third-order valence-corrected chi connectivity index (χ3v) is 7.76. The van der Waals surface area contributed by atoms with Crippen molar-refractivity contribution < 1.29 is 4.79 Å². The van der Waals surface area contributed by atoms with Crippen molar-refractivity contribution >= 4 is 46.6 Å². The van der Waals surface area contributed by atoms with Crippen molar-refractivity contribution in [2.24, 2.45) is 0 Å². The molecule has 178 valence electrons. The minimum Gasteiger partial charge on any atom is -0.368 e. The quantitative estimate of drug-likeness (QED) is 0.431. The SMILES string of the molecule is CC1NC(=O)c2c1nc(N)nc2N1CCC(Sc2nn3ccc(Cl)c3c(=O)n2-c2ccccc2)C1. The van der Waals surface area contributed by atoms with Crippen LogP contribution in [0.5, 0.6) is 0 Å². The number of nitrogens with two attached hydrogens (primary N) is 1. The van der Waals surface area contributed by atoms with Crippen molar-refractivity contribution in [3.63, 3.8) is 0 Å². The molecule has 10 nitrogen and oxygen atoms in total. The number of benzene rings is 1. The first-order valence-corrected chi connectivity index (χ1v) is 12.4. The topological polar surface area (TPSA) is 123 Å². The first-order valence-electron chi connectivity index (χ1n) is 11.2. The Balaban J connectivity index is 1.36. The van der Waals surface area contributed by atoms with Crippen molar-refractivity contribution in [1.82, 2.24) is 29.5 Å². The first kappa shape index (κ1) is 21.9. The fraction of sp³-hybridized carbons (Fsp3) is 0.261. The lowest BCUT2D eigenvalue weighted by molar-refractivity contribution is 0.0958. The van der Waals surface area contributed by atoms with Gasteiger partial charge < -0.3 is 16.0 Å². The molecule has 3 aromatic heterocycles. The summed E-state index contributed by atoms with van der Waals surface area (Å²) in [7, 11) is 0. The van der Waals surface area contributed by atoms with Crippen molar-refractivity contribution in [2.45, 2.75) is 29.8 Å². The van der Waals surface area contributed by atoms with Gasteiger partial charge in [-0.2, -0.15) is 4.98 Å². The summed E-state index contributed by atoms with van der Waals surface area (Å²) < 4.78 is 3.13. The van der Waals surface area contributed by atoms with E-state index in [1.54, 1.807) is 16.8 Å². The van der Waals surface area contributed by atoms with E-state index in [1.165, 1.54) is 16.3 Å². The second kappa shape index (κ2) is 8.28. The van der Waals surface area contributed by atoms with Gasteiger partial charge in [-0.25, -0.2) is 9.50 Å². The minimum atomic E-state index is -0.231. The highest BCUT2D eigenvalue weighted by Crippen LogP contribution is 2.36. The maximum absolute atomic E-state index is 13.4. The summed E-state index contributed by atoms with van der Waals surface area (Å²) in [6.07, 6.45) is 2.50. The number of hydrogen-bond donors (Lipinski definition) is 2. The number of rotatable bonds is 4.